The van der Waals surface area contributed by atoms with Gasteiger partial charge < -0.3 is 10.4 Å². The molecule has 1 aromatic heterocycles. The minimum Gasteiger partial charge on any atom is -0.394 e. The largest absolute Gasteiger partial charge is 0.394 e. The molecule has 5 nitrogen and oxygen atoms in total. The van der Waals surface area contributed by atoms with Gasteiger partial charge in [0.25, 0.3) is 5.91 Å². The van der Waals surface area contributed by atoms with Gasteiger partial charge in [-0.15, -0.1) is 0 Å². The zero-order valence-corrected chi connectivity index (χ0v) is 11.3. The van der Waals surface area contributed by atoms with E-state index in [9.17, 15) is 9.90 Å². The molecule has 1 atom stereocenters. The highest BCUT2D eigenvalue weighted by atomic mass is 16.3. The van der Waals surface area contributed by atoms with Crippen LogP contribution in [-0.2, 0) is 0 Å². The number of nitrogens with zero attached hydrogens (tertiary/aromatic N) is 1. The van der Waals surface area contributed by atoms with Crippen LogP contribution in [0.3, 0.4) is 0 Å². The lowest BCUT2D eigenvalue weighted by Gasteiger charge is -2.16. The van der Waals surface area contributed by atoms with Crippen LogP contribution in [-0.4, -0.2) is 27.8 Å². The van der Waals surface area contributed by atoms with Crippen molar-refractivity contribution in [2.24, 2.45) is 0 Å². The van der Waals surface area contributed by atoms with Gasteiger partial charge in [0.1, 0.15) is 0 Å². The van der Waals surface area contributed by atoms with E-state index in [-0.39, 0.29) is 12.5 Å². The first kappa shape index (κ1) is 13.3. The number of amides is 1. The second kappa shape index (κ2) is 5.76. The van der Waals surface area contributed by atoms with Crippen molar-refractivity contribution in [2.75, 3.05) is 6.61 Å². The fourth-order valence-electron chi connectivity index (χ4n) is 2.28. The molecule has 0 spiro atoms. The lowest BCUT2D eigenvalue weighted by atomic mass is 10.1. The Bertz CT molecular complexity index is 752. The van der Waals surface area contributed by atoms with Crippen LogP contribution in [0.5, 0.6) is 0 Å². The summed E-state index contributed by atoms with van der Waals surface area (Å²) in [6, 6.07) is 16.3. The van der Waals surface area contributed by atoms with Crippen LogP contribution >= 0.6 is 0 Å². The third-order valence-electron chi connectivity index (χ3n) is 3.38. The fourth-order valence-corrected chi connectivity index (χ4v) is 2.28. The molecule has 106 valence electrons. The highest BCUT2D eigenvalue weighted by Gasteiger charge is 2.18. The van der Waals surface area contributed by atoms with Crippen LogP contribution in [0.4, 0.5) is 0 Å². The summed E-state index contributed by atoms with van der Waals surface area (Å²) in [6.45, 7) is -0.169. The van der Waals surface area contributed by atoms with Crippen molar-refractivity contribution in [3.8, 4) is 0 Å². The number of hydrogen-bond acceptors (Lipinski definition) is 3. The lowest BCUT2D eigenvalue weighted by molar-refractivity contribution is 0.0912. The molecule has 0 saturated carbocycles. The van der Waals surface area contributed by atoms with E-state index in [2.05, 4.69) is 15.5 Å². The standard InChI is InChI=1S/C16H15N3O2/c20-10-14(11-6-2-1-3-7-11)17-16(21)15-12-8-4-5-9-13(12)18-19-15/h1-9,14,20H,10H2,(H,17,21)(H,18,19). The number of aliphatic hydroxyl groups excluding tert-OH is 1. The van der Waals surface area contributed by atoms with Gasteiger partial charge in [0.05, 0.1) is 18.2 Å². The molecular formula is C16H15N3O2. The molecule has 2 aromatic carbocycles. The number of aromatic amines is 1. The minimum absolute atomic E-state index is 0.169. The zero-order valence-electron chi connectivity index (χ0n) is 11.3. The predicted octanol–water partition coefficient (Wildman–Crippen LogP) is 2.03. The number of aliphatic hydroxyl groups is 1. The maximum Gasteiger partial charge on any atom is 0.272 e. The number of carbonyl (C=O) groups is 1. The average Bonchev–Trinajstić information content (AvgIpc) is 2.97. The van der Waals surface area contributed by atoms with Crippen molar-refractivity contribution in [1.29, 1.82) is 0 Å². The Morgan fingerprint density at radius 2 is 1.86 bits per heavy atom. The quantitative estimate of drug-likeness (QED) is 0.684. The molecule has 0 fully saturated rings. The second-order valence-electron chi connectivity index (χ2n) is 4.74. The van der Waals surface area contributed by atoms with E-state index in [1.54, 1.807) is 0 Å². The Balaban J connectivity index is 1.85. The minimum atomic E-state index is -0.450. The maximum atomic E-state index is 12.4. The van der Waals surface area contributed by atoms with Gasteiger partial charge in [-0.1, -0.05) is 48.5 Å². The van der Waals surface area contributed by atoms with Crippen LogP contribution in [0, 0.1) is 0 Å². The number of rotatable bonds is 4. The highest BCUT2D eigenvalue weighted by Crippen LogP contribution is 2.17. The highest BCUT2D eigenvalue weighted by molar-refractivity contribution is 6.04. The predicted molar refractivity (Wildman–Crippen MR) is 79.8 cm³/mol. The van der Waals surface area contributed by atoms with Crippen LogP contribution in [0.1, 0.15) is 22.1 Å². The Labute approximate surface area is 121 Å². The summed E-state index contributed by atoms with van der Waals surface area (Å²) >= 11 is 0. The van der Waals surface area contributed by atoms with Crippen molar-refractivity contribution in [3.05, 3.63) is 65.9 Å². The van der Waals surface area contributed by atoms with E-state index in [4.69, 9.17) is 0 Å². The van der Waals surface area contributed by atoms with Gasteiger partial charge in [0.15, 0.2) is 5.69 Å². The normalized spacial score (nSPS) is 12.2. The number of carbonyl (C=O) groups excluding carboxylic acids is 1. The van der Waals surface area contributed by atoms with Crippen molar-refractivity contribution >= 4 is 16.8 Å². The number of H-pyrrole nitrogens is 1. The molecule has 1 heterocycles. The summed E-state index contributed by atoms with van der Waals surface area (Å²) in [5, 5.41) is 20.0. The average molecular weight is 281 g/mol. The molecule has 0 aliphatic heterocycles. The SMILES string of the molecule is O=C(NC(CO)c1ccccc1)c1n[nH]c2ccccc12. The number of nitrogens with one attached hydrogen (secondary N) is 2. The first-order valence-electron chi connectivity index (χ1n) is 6.69. The fraction of sp³-hybridized carbons (Fsp3) is 0.125. The molecule has 0 radical (unpaired) electrons. The third kappa shape index (κ3) is 2.64. The van der Waals surface area contributed by atoms with Gasteiger partial charge in [0, 0.05) is 5.39 Å². The van der Waals surface area contributed by atoms with E-state index in [0.717, 1.165) is 16.5 Å². The molecule has 3 rings (SSSR count). The molecule has 3 N–H and O–H groups in total. The first-order valence-corrected chi connectivity index (χ1v) is 6.69. The van der Waals surface area contributed by atoms with E-state index in [1.165, 1.54) is 0 Å². The van der Waals surface area contributed by atoms with Crippen molar-refractivity contribution in [3.63, 3.8) is 0 Å². The summed E-state index contributed by atoms with van der Waals surface area (Å²) in [4.78, 5) is 12.4. The van der Waals surface area contributed by atoms with Gasteiger partial charge in [0.2, 0.25) is 0 Å². The topological polar surface area (TPSA) is 78.0 Å². The Morgan fingerprint density at radius 3 is 2.62 bits per heavy atom. The summed E-state index contributed by atoms with van der Waals surface area (Å²) in [5.41, 5.74) is 2.00. The van der Waals surface area contributed by atoms with Crippen molar-refractivity contribution < 1.29 is 9.90 Å². The molecular weight excluding hydrogens is 266 g/mol. The second-order valence-corrected chi connectivity index (χ2v) is 4.74. The van der Waals surface area contributed by atoms with Crippen LogP contribution in [0.2, 0.25) is 0 Å². The number of aromatic nitrogens is 2. The first-order chi connectivity index (χ1) is 10.3. The maximum absolute atomic E-state index is 12.4. The van der Waals surface area contributed by atoms with Gasteiger partial charge in [-0.05, 0) is 11.6 Å². The molecule has 0 saturated heterocycles. The van der Waals surface area contributed by atoms with Gasteiger partial charge in [-0.2, -0.15) is 5.10 Å². The molecule has 0 aliphatic rings. The zero-order chi connectivity index (χ0) is 14.7. The molecule has 5 heteroatoms. The number of hydrogen-bond donors (Lipinski definition) is 3. The van der Waals surface area contributed by atoms with Crippen molar-refractivity contribution in [1.82, 2.24) is 15.5 Å². The molecule has 21 heavy (non-hydrogen) atoms. The molecule has 1 unspecified atom stereocenters. The summed E-state index contributed by atoms with van der Waals surface area (Å²) in [5.74, 6) is -0.310. The Morgan fingerprint density at radius 1 is 1.14 bits per heavy atom. The number of para-hydroxylation sites is 1. The van der Waals surface area contributed by atoms with E-state index >= 15 is 0 Å². The van der Waals surface area contributed by atoms with E-state index in [0.29, 0.717) is 5.69 Å². The monoisotopic (exact) mass is 281 g/mol. The lowest BCUT2D eigenvalue weighted by Crippen LogP contribution is -2.31. The number of benzene rings is 2. The summed E-state index contributed by atoms with van der Waals surface area (Å²) in [7, 11) is 0. The third-order valence-corrected chi connectivity index (χ3v) is 3.38. The van der Waals surface area contributed by atoms with Crippen molar-refractivity contribution in [2.45, 2.75) is 6.04 Å². The van der Waals surface area contributed by atoms with E-state index in [1.807, 2.05) is 54.6 Å². The number of fused-ring (bicyclic) bond motifs is 1. The Kier molecular flexibility index (Phi) is 3.66. The Hall–Kier alpha value is -2.66. The van der Waals surface area contributed by atoms with Crippen LogP contribution in [0.15, 0.2) is 54.6 Å². The summed E-state index contributed by atoms with van der Waals surface area (Å²) < 4.78 is 0. The van der Waals surface area contributed by atoms with Crippen LogP contribution in [0.25, 0.3) is 10.9 Å². The smallest absolute Gasteiger partial charge is 0.272 e. The van der Waals surface area contributed by atoms with Gasteiger partial charge in [-0.25, -0.2) is 0 Å². The van der Waals surface area contributed by atoms with Crippen LogP contribution < -0.4 is 5.32 Å². The molecule has 0 aliphatic carbocycles. The van der Waals surface area contributed by atoms with Gasteiger partial charge in [-0.3, -0.25) is 9.89 Å². The van der Waals surface area contributed by atoms with Gasteiger partial charge >= 0.3 is 0 Å². The molecule has 0 bridgehead atoms. The molecule has 1 amide bonds. The summed E-state index contributed by atoms with van der Waals surface area (Å²) in [6.07, 6.45) is 0. The molecule has 3 aromatic rings. The van der Waals surface area contributed by atoms with E-state index < -0.39 is 6.04 Å².